The average molecular weight is 393 g/mol. The lowest BCUT2D eigenvalue weighted by atomic mass is 10.1. The summed E-state index contributed by atoms with van der Waals surface area (Å²) in [6.45, 7) is 4.64. The van der Waals surface area contributed by atoms with E-state index in [0.29, 0.717) is 6.54 Å². The van der Waals surface area contributed by atoms with E-state index in [-0.39, 0.29) is 6.03 Å². The predicted molar refractivity (Wildman–Crippen MR) is 112 cm³/mol. The summed E-state index contributed by atoms with van der Waals surface area (Å²) in [5.74, 6) is 0.847. The molecule has 1 saturated heterocycles. The van der Waals surface area contributed by atoms with Crippen LogP contribution in [-0.2, 0) is 13.0 Å². The van der Waals surface area contributed by atoms with Crippen molar-refractivity contribution in [3.63, 3.8) is 0 Å². The van der Waals surface area contributed by atoms with Gasteiger partial charge >= 0.3 is 6.03 Å². The minimum atomic E-state index is 0.0193. The number of amides is 2. The van der Waals surface area contributed by atoms with Gasteiger partial charge in [0, 0.05) is 45.5 Å². The predicted octanol–water partition coefficient (Wildman–Crippen LogP) is 2.41. The standard InChI is InChI=1S/C22H27N5O2/c1-29-21-7-5-18(6-8-21)9-10-23-22(28)26-14-12-25(13-15-26)17-19-16-20-4-2-3-11-27(20)24-19/h2-8,11,16H,9-10,12-15,17H2,1H3,(H,23,28). The number of nitrogens with zero attached hydrogens (tertiary/aromatic N) is 4. The molecule has 7 nitrogen and oxygen atoms in total. The Bertz CT molecular complexity index is 912. The highest BCUT2D eigenvalue weighted by atomic mass is 16.5. The molecule has 1 aromatic carbocycles. The molecule has 0 aliphatic carbocycles. The van der Waals surface area contributed by atoms with Crippen molar-refractivity contribution in [2.45, 2.75) is 13.0 Å². The maximum atomic E-state index is 12.4. The zero-order chi connectivity index (χ0) is 20.1. The van der Waals surface area contributed by atoms with E-state index in [2.05, 4.69) is 27.4 Å². The lowest BCUT2D eigenvalue weighted by Gasteiger charge is -2.34. The zero-order valence-electron chi connectivity index (χ0n) is 16.8. The SMILES string of the molecule is COc1ccc(CCNC(=O)N2CCN(Cc3cc4ccccn4n3)CC2)cc1. The van der Waals surface area contributed by atoms with Gasteiger partial charge in [-0.2, -0.15) is 5.10 Å². The molecule has 2 amide bonds. The van der Waals surface area contributed by atoms with Crippen molar-refractivity contribution in [2.75, 3.05) is 39.8 Å². The molecule has 29 heavy (non-hydrogen) atoms. The Balaban J connectivity index is 1.20. The summed E-state index contributed by atoms with van der Waals surface area (Å²) in [7, 11) is 1.66. The summed E-state index contributed by atoms with van der Waals surface area (Å²) in [4.78, 5) is 16.7. The van der Waals surface area contributed by atoms with Gasteiger partial charge in [-0.25, -0.2) is 9.31 Å². The van der Waals surface area contributed by atoms with Crippen molar-refractivity contribution in [1.82, 2.24) is 24.7 Å². The Kier molecular flexibility index (Phi) is 5.95. The minimum absolute atomic E-state index is 0.0193. The first-order valence-corrected chi connectivity index (χ1v) is 10.0. The monoisotopic (exact) mass is 393 g/mol. The van der Waals surface area contributed by atoms with Crippen LogP contribution in [0.3, 0.4) is 0 Å². The lowest BCUT2D eigenvalue weighted by molar-refractivity contribution is 0.134. The minimum Gasteiger partial charge on any atom is -0.497 e. The first-order chi connectivity index (χ1) is 14.2. The van der Waals surface area contributed by atoms with Gasteiger partial charge < -0.3 is 15.0 Å². The summed E-state index contributed by atoms with van der Waals surface area (Å²) in [6.07, 6.45) is 2.77. The van der Waals surface area contributed by atoms with E-state index in [1.165, 1.54) is 5.56 Å². The number of fused-ring (bicyclic) bond motifs is 1. The molecule has 0 unspecified atom stereocenters. The number of benzene rings is 1. The number of aromatic nitrogens is 2. The third-order valence-electron chi connectivity index (χ3n) is 5.31. The number of ether oxygens (including phenoxy) is 1. The molecule has 2 aromatic heterocycles. The molecule has 1 aliphatic rings. The molecule has 0 radical (unpaired) electrons. The Labute approximate surface area is 170 Å². The number of carbonyl (C=O) groups is 1. The maximum absolute atomic E-state index is 12.4. The molecule has 0 atom stereocenters. The number of nitrogens with one attached hydrogen (secondary N) is 1. The van der Waals surface area contributed by atoms with E-state index in [9.17, 15) is 4.79 Å². The highest BCUT2D eigenvalue weighted by Crippen LogP contribution is 2.12. The Morgan fingerprint density at radius 3 is 2.62 bits per heavy atom. The molecule has 1 fully saturated rings. The highest BCUT2D eigenvalue weighted by Gasteiger charge is 2.21. The molecule has 0 saturated carbocycles. The molecule has 0 spiro atoms. The van der Waals surface area contributed by atoms with Crippen LogP contribution in [0.4, 0.5) is 4.79 Å². The Hall–Kier alpha value is -3.06. The number of piperazine rings is 1. The number of hydrogen-bond acceptors (Lipinski definition) is 4. The van der Waals surface area contributed by atoms with Crippen LogP contribution >= 0.6 is 0 Å². The van der Waals surface area contributed by atoms with Crippen LogP contribution in [0.1, 0.15) is 11.3 Å². The lowest BCUT2D eigenvalue weighted by Crippen LogP contribution is -2.51. The molecule has 152 valence electrons. The number of hydrogen-bond donors (Lipinski definition) is 1. The van der Waals surface area contributed by atoms with E-state index < -0.39 is 0 Å². The number of rotatable bonds is 6. The zero-order valence-corrected chi connectivity index (χ0v) is 16.8. The smallest absolute Gasteiger partial charge is 0.317 e. The first kappa shape index (κ1) is 19.3. The van der Waals surface area contributed by atoms with E-state index >= 15 is 0 Å². The van der Waals surface area contributed by atoms with Crippen LogP contribution in [-0.4, -0.2) is 65.3 Å². The topological polar surface area (TPSA) is 62.1 Å². The van der Waals surface area contributed by atoms with Crippen molar-refractivity contribution < 1.29 is 9.53 Å². The number of urea groups is 1. The van der Waals surface area contributed by atoms with Crippen molar-refractivity contribution in [3.8, 4) is 5.75 Å². The molecule has 4 rings (SSSR count). The van der Waals surface area contributed by atoms with Crippen molar-refractivity contribution in [2.24, 2.45) is 0 Å². The van der Waals surface area contributed by atoms with Crippen LogP contribution in [0, 0.1) is 0 Å². The van der Waals surface area contributed by atoms with Gasteiger partial charge in [-0.15, -0.1) is 0 Å². The van der Waals surface area contributed by atoms with E-state index in [4.69, 9.17) is 4.74 Å². The van der Waals surface area contributed by atoms with Crippen LogP contribution in [0.2, 0.25) is 0 Å². The van der Waals surface area contributed by atoms with Crippen LogP contribution in [0.25, 0.3) is 5.52 Å². The molecule has 7 heteroatoms. The van der Waals surface area contributed by atoms with E-state index in [0.717, 1.165) is 56.1 Å². The van der Waals surface area contributed by atoms with Crippen LogP contribution < -0.4 is 10.1 Å². The maximum Gasteiger partial charge on any atom is 0.317 e. The van der Waals surface area contributed by atoms with Gasteiger partial charge in [-0.1, -0.05) is 18.2 Å². The van der Waals surface area contributed by atoms with Gasteiger partial charge in [0.25, 0.3) is 0 Å². The fraction of sp³-hybridized carbons (Fsp3) is 0.364. The van der Waals surface area contributed by atoms with Crippen LogP contribution in [0.5, 0.6) is 5.75 Å². The molecule has 1 N–H and O–H groups in total. The van der Waals surface area contributed by atoms with E-state index in [1.54, 1.807) is 7.11 Å². The van der Waals surface area contributed by atoms with Gasteiger partial charge in [-0.05, 0) is 42.3 Å². The van der Waals surface area contributed by atoms with Gasteiger partial charge in [0.1, 0.15) is 5.75 Å². The van der Waals surface area contributed by atoms with Crippen molar-refractivity contribution >= 4 is 11.5 Å². The summed E-state index contributed by atoms with van der Waals surface area (Å²) >= 11 is 0. The number of pyridine rings is 1. The summed E-state index contributed by atoms with van der Waals surface area (Å²) in [6, 6.07) is 16.2. The molecule has 3 heterocycles. The normalized spacial score (nSPS) is 14.9. The number of carbonyl (C=O) groups excluding carboxylic acids is 1. The van der Waals surface area contributed by atoms with Crippen LogP contribution in [0.15, 0.2) is 54.7 Å². The Morgan fingerprint density at radius 2 is 1.90 bits per heavy atom. The average Bonchev–Trinajstić information content (AvgIpc) is 3.17. The number of methoxy groups -OCH3 is 1. The summed E-state index contributed by atoms with van der Waals surface area (Å²) in [5, 5.41) is 7.65. The largest absolute Gasteiger partial charge is 0.497 e. The summed E-state index contributed by atoms with van der Waals surface area (Å²) < 4.78 is 7.07. The Morgan fingerprint density at radius 1 is 1.10 bits per heavy atom. The van der Waals surface area contributed by atoms with Gasteiger partial charge in [0.05, 0.1) is 18.3 Å². The fourth-order valence-corrected chi connectivity index (χ4v) is 3.62. The van der Waals surface area contributed by atoms with Crippen molar-refractivity contribution in [1.29, 1.82) is 0 Å². The first-order valence-electron chi connectivity index (χ1n) is 10.0. The van der Waals surface area contributed by atoms with Gasteiger partial charge in [0.2, 0.25) is 0 Å². The highest BCUT2D eigenvalue weighted by molar-refractivity contribution is 5.74. The second-order valence-electron chi connectivity index (χ2n) is 7.30. The molecule has 1 aliphatic heterocycles. The third kappa shape index (κ3) is 4.86. The molecular formula is C22H27N5O2. The fourth-order valence-electron chi connectivity index (χ4n) is 3.62. The van der Waals surface area contributed by atoms with E-state index in [1.807, 2.05) is 52.0 Å². The van der Waals surface area contributed by atoms with Crippen molar-refractivity contribution in [3.05, 3.63) is 66.0 Å². The summed E-state index contributed by atoms with van der Waals surface area (Å²) in [5.41, 5.74) is 3.36. The molecule has 3 aromatic rings. The second-order valence-corrected chi connectivity index (χ2v) is 7.30. The molecule has 0 bridgehead atoms. The molecular weight excluding hydrogens is 366 g/mol. The van der Waals surface area contributed by atoms with Gasteiger partial charge in [0.15, 0.2) is 0 Å². The quantitative estimate of drug-likeness (QED) is 0.699. The third-order valence-corrected chi connectivity index (χ3v) is 5.31. The second kappa shape index (κ2) is 8.96. The van der Waals surface area contributed by atoms with Gasteiger partial charge in [-0.3, -0.25) is 4.90 Å².